The summed E-state index contributed by atoms with van der Waals surface area (Å²) in [6.07, 6.45) is 4.89. The summed E-state index contributed by atoms with van der Waals surface area (Å²) in [4.78, 5) is 11.2. The number of rotatable bonds is 4. The fourth-order valence-corrected chi connectivity index (χ4v) is 3.95. The summed E-state index contributed by atoms with van der Waals surface area (Å²) in [5, 5.41) is 3.57. The summed E-state index contributed by atoms with van der Waals surface area (Å²) in [5.74, 6) is 2.35. The number of fused-ring (bicyclic) bond motifs is 2. The van der Waals surface area contributed by atoms with Crippen molar-refractivity contribution in [1.82, 2.24) is 14.9 Å². The van der Waals surface area contributed by atoms with Gasteiger partial charge < -0.3 is 5.32 Å². The second kappa shape index (κ2) is 5.97. The quantitative estimate of drug-likeness (QED) is 0.911. The van der Waals surface area contributed by atoms with Crippen molar-refractivity contribution >= 4 is 21.7 Å². The highest BCUT2D eigenvalue weighted by molar-refractivity contribution is 9.10. The number of halogens is 1. The van der Waals surface area contributed by atoms with Gasteiger partial charge in [-0.1, -0.05) is 30.3 Å². The van der Waals surface area contributed by atoms with E-state index in [1.165, 1.54) is 25.1 Å². The summed E-state index contributed by atoms with van der Waals surface area (Å²) in [5.41, 5.74) is 1.41. The lowest BCUT2D eigenvalue weighted by atomic mass is 9.66. The van der Waals surface area contributed by atoms with Gasteiger partial charge in [0.2, 0.25) is 0 Å². The Balaban J connectivity index is 1.35. The summed E-state index contributed by atoms with van der Waals surface area (Å²) in [6, 6.07) is 11.3. The molecular weight excluding hydrogens is 340 g/mol. The van der Waals surface area contributed by atoms with E-state index in [0.717, 1.165) is 28.8 Å². The number of hydrogen-bond acceptors (Lipinski definition) is 4. The molecule has 2 aromatic rings. The van der Waals surface area contributed by atoms with Gasteiger partial charge in [0.1, 0.15) is 10.4 Å². The van der Waals surface area contributed by atoms with Crippen molar-refractivity contribution in [3.8, 4) is 0 Å². The molecule has 2 atom stereocenters. The highest BCUT2D eigenvalue weighted by atomic mass is 79.9. The lowest BCUT2D eigenvalue weighted by Gasteiger charge is -2.54. The van der Waals surface area contributed by atoms with Crippen LogP contribution in [0.2, 0.25) is 0 Å². The van der Waals surface area contributed by atoms with Crippen LogP contribution in [0.1, 0.15) is 12.0 Å². The van der Waals surface area contributed by atoms with Crippen LogP contribution in [-0.2, 0) is 6.54 Å². The third-order valence-corrected chi connectivity index (χ3v) is 5.20. The molecule has 4 nitrogen and oxygen atoms in total. The van der Waals surface area contributed by atoms with E-state index in [-0.39, 0.29) is 0 Å². The average molecular weight is 359 g/mol. The van der Waals surface area contributed by atoms with Crippen LogP contribution in [0.25, 0.3) is 0 Å². The van der Waals surface area contributed by atoms with Gasteiger partial charge in [0.05, 0.1) is 12.4 Å². The van der Waals surface area contributed by atoms with Gasteiger partial charge in [0.15, 0.2) is 0 Å². The van der Waals surface area contributed by atoms with E-state index in [0.29, 0.717) is 6.04 Å². The van der Waals surface area contributed by atoms with Crippen LogP contribution < -0.4 is 5.32 Å². The molecule has 2 saturated heterocycles. The molecule has 1 aliphatic carbocycles. The molecule has 114 valence electrons. The molecule has 2 unspecified atom stereocenters. The molecule has 2 bridgehead atoms. The molecule has 0 spiro atoms. The second-order valence-corrected chi connectivity index (χ2v) is 7.14. The number of nitrogens with zero attached hydrogens (tertiary/aromatic N) is 3. The first-order valence-corrected chi connectivity index (χ1v) is 8.57. The van der Waals surface area contributed by atoms with Crippen molar-refractivity contribution in [3.05, 3.63) is 52.9 Å². The van der Waals surface area contributed by atoms with Crippen molar-refractivity contribution in [1.29, 1.82) is 0 Å². The van der Waals surface area contributed by atoms with Gasteiger partial charge in [0, 0.05) is 25.7 Å². The molecule has 2 aliphatic heterocycles. The predicted molar refractivity (Wildman–Crippen MR) is 90.5 cm³/mol. The first-order chi connectivity index (χ1) is 10.8. The van der Waals surface area contributed by atoms with Crippen LogP contribution in [0.3, 0.4) is 0 Å². The molecule has 3 aliphatic rings. The maximum atomic E-state index is 4.38. The Morgan fingerprint density at radius 3 is 2.55 bits per heavy atom. The summed E-state index contributed by atoms with van der Waals surface area (Å²) in [6.45, 7) is 3.42. The smallest absolute Gasteiger partial charge is 0.144 e. The van der Waals surface area contributed by atoms with Crippen LogP contribution >= 0.6 is 15.9 Å². The van der Waals surface area contributed by atoms with Gasteiger partial charge in [0.25, 0.3) is 0 Å². The van der Waals surface area contributed by atoms with Crippen molar-refractivity contribution in [2.75, 3.05) is 18.4 Å². The number of hydrogen-bond donors (Lipinski definition) is 1. The summed E-state index contributed by atoms with van der Waals surface area (Å²) in [7, 11) is 0. The van der Waals surface area contributed by atoms with Gasteiger partial charge in [-0.2, -0.15) is 0 Å². The fraction of sp³-hybridized carbons (Fsp3) is 0.412. The van der Waals surface area contributed by atoms with Gasteiger partial charge in [-0.25, -0.2) is 9.97 Å². The number of nitrogens with one attached hydrogen (secondary N) is 1. The maximum absolute atomic E-state index is 4.38. The third-order valence-electron chi connectivity index (χ3n) is 4.79. The number of benzene rings is 1. The van der Waals surface area contributed by atoms with E-state index in [1.54, 1.807) is 12.4 Å². The zero-order valence-electron chi connectivity index (χ0n) is 12.3. The zero-order valence-corrected chi connectivity index (χ0v) is 13.9. The highest BCUT2D eigenvalue weighted by Crippen LogP contribution is 2.41. The SMILES string of the molecule is Brc1cnc(NC2C3CC2CN(Cc2ccccc2)C3)cn1. The molecule has 3 heterocycles. The third kappa shape index (κ3) is 2.88. The van der Waals surface area contributed by atoms with Crippen molar-refractivity contribution in [2.45, 2.75) is 19.0 Å². The summed E-state index contributed by atoms with van der Waals surface area (Å²) < 4.78 is 0.779. The largest absolute Gasteiger partial charge is 0.365 e. The Kier molecular flexibility index (Phi) is 3.84. The van der Waals surface area contributed by atoms with E-state index >= 15 is 0 Å². The van der Waals surface area contributed by atoms with Crippen LogP contribution in [0.5, 0.6) is 0 Å². The molecule has 1 saturated carbocycles. The van der Waals surface area contributed by atoms with E-state index in [4.69, 9.17) is 0 Å². The van der Waals surface area contributed by atoms with Crippen molar-refractivity contribution < 1.29 is 0 Å². The lowest BCUT2D eigenvalue weighted by molar-refractivity contribution is 0.00735. The van der Waals surface area contributed by atoms with E-state index < -0.39 is 0 Å². The molecule has 1 aromatic heterocycles. The van der Waals surface area contributed by atoms with Crippen LogP contribution in [0, 0.1) is 11.8 Å². The van der Waals surface area contributed by atoms with Crippen LogP contribution in [0.4, 0.5) is 5.82 Å². The molecule has 0 radical (unpaired) electrons. The molecule has 0 amide bonds. The molecule has 1 aromatic carbocycles. The topological polar surface area (TPSA) is 41.1 Å². The van der Waals surface area contributed by atoms with Crippen LogP contribution in [-0.4, -0.2) is 34.0 Å². The maximum Gasteiger partial charge on any atom is 0.144 e. The van der Waals surface area contributed by atoms with Gasteiger partial charge >= 0.3 is 0 Å². The molecule has 5 heteroatoms. The van der Waals surface area contributed by atoms with Crippen molar-refractivity contribution in [3.63, 3.8) is 0 Å². The summed E-state index contributed by atoms with van der Waals surface area (Å²) >= 11 is 3.32. The van der Waals surface area contributed by atoms with Gasteiger partial charge in [-0.05, 0) is 39.8 Å². The number of anilines is 1. The molecule has 3 fully saturated rings. The van der Waals surface area contributed by atoms with E-state index in [1.807, 2.05) is 0 Å². The van der Waals surface area contributed by atoms with E-state index in [9.17, 15) is 0 Å². The minimum absolute atomic E-state index is 0.558. The zero-order chi connectivity index (χ0) is 14.9. The Morgan fingerprint density at radius 2 is 1.86 bits per heavy atom. The highest BCUT2D eigenvalue weighted by Gasteiger charge is 2.46. The molecular formula is C17H19BrN4. The minimum Gasteiger partial charge on any atom is -0.365 e. The normalized spacial score (nSPS) is 27.2. The predicted octanol–water partition coefficient (Wildman–Crippen LogP) is 3.17. The second-order valence-electron chi connectivity index (χ2n) is 6.33. The van der Waals surface area contributed by atoms with Gasteiger partial charge in [-0.15, -0.1) is 0 Å². The Hall–Kier alpha value is -1.46. The van der Waals surface area contributed by atoms with E-state index in [2.05, 4.69) is 66.4 Å². The standard InChI is InChI=1S/C17H19BrN4/c18-15-7-20-16(8-19-15)21-17-13-6-14(17)11-22(10-13)9-12-4-2-1-3-5-12/h1-5,7-8,13-14,17H,6,9-11H2,(H,20,21). The molecule has 1 N–H and O–H groups in total. The van der Waals surface area contributed by atoms with Crippen LogP contribution in [0.15, 0.2) is 47.3 Å². The Bertz CT molecular complexity index is 619. The van der Waals surface area contributed by atoms with Crippen molar-refractivity contribution in [2.24, 2.45) is 11.8 Å². The molecule has 22 heavy (non-hydrogen) atoms. The fourth-order valence-electron chi connectivity index (χ4n) is 3.75. The Labute approximate surface area is 139 Å². The first-order valence-electron chi connectivity index (χ1n) is 7.78. The Morgan fingerprint density at radius 1 is 1.09 bits per heavy atom. The minimum atomic E-state index is 0.558. The van der Waals surface area contributed by atoms with Gasteiger partial charge in [-0.3, -0.25) is 4.90 Å². The monoisotopic (exact) mass is 358 g/mol. The number of piperidine rings is 2. The molecule has 5 rings (SSSR count). The average Bonchev–Trinajstić information content (AvgIpc) is 2.55. The number of aromatic nitrogens is 2. The first kappa shape index (κ1) is 14.2. The lowest BCUT2D eigenvalue weighted by Crippen LogP contribution is -2.60.